The van der Waals surface area contributed by atoms with Crippen LogP contribution in [0.15, 0.2) is 0 Å². The van der Waals surface area contributed by atoms with Crippen molar-refractivity contribution in [2.45, 2.75) is 71.8 Å². The molecular formula is C15H30N2O. The molecule has 1 rings (SSSR count). The summed E-state index contributed by atoms with van der Waals surface area (Å²) in [6, 6.07) is 0.262. The fraction of sp³-hybridized carbons (Fsp3) is 0.933. The van der Waals surface area contributed by atoms with Gasteiger partial charge in [0.05, 0.1) is 5.41 Å². The van der Waals surface area contributed by atoms with Gasteiger partial charge in [0.25, 0.3) is 0 Å². The van der Waals surface area contributed by atoms with E-state index in [4.69, 9.17) is 5.73 Å². The van der Waals surface area contributed by atoms with Gasteiger partial charge in [-0.3, -0.25) is 4.79 Å². The van der Waals surface area contributed by atoms with Gasteiger partial charge in [-0.2, -0.15) is 0 Å². The predicted octanol–water partition coefficient (Wildman–Crippen LogP) is 2.84. The molecule has 1 unspecified atom stereocenters. The van der Waals surface area contributed by atoms with E-state index in [1.165, 1.54) is 6.42 Å². The van der Waals surface area contributed by atoms with E-state index in [9.17, 15) is 4.79 Å². The summed E-state index contributed by atoms with van der Waals surface area (Å²) in [7, 11) is 0. The zero-order chi connectivity index (χ0) is 13.6. The van der Waals surface area contributed by atoms with Gasteiger partial charge in [0.2, 0.25) is 5.91 Å². The maximum Gasteiger partial charge on any atom is 0.227 e. The first-order chi connectivity index (χ1) is 8.59. The lowest BCUT2D eigenvalue weighted by atomic mass is 9.73. The number of hydrogen-bond donors (Lipinski definition) is 2. The van der Waals surface area contributed by atoms with Gasteiger partial charge in [-0.05, 0) is 25.7 Å². The number of rotatable bonds is 6. The monoisotopic (exact) mass is 254 g/mol. The molecule has 0 bridgehead atoms. The van der Waals surface area contributed by atoms with Gasteiger partial charge in [-0.25, -0.2) is 0 Å². The number of nitrogens with two attached hydrogens (primary N) is 1. The zero-order valence-corrected chi connectivity index (χ0v) is 12.3. The quantitative estimate of drug-likeness (QED) is 0.766. The normalized spacial score (nSPS) is 20.7. The van der Waals surface area contributed by atoms with Crippen LogP contribution in [0, 0.1) is 11.3 Å². The number of nitrogens with one attached hydrogen (secondary N) is 1. The third kappa shape index (κ3) is 3.47. The molecule has 3 heteroatoms. The molecule has 1 fully saturated rings. The smallest absolute Gasteiger partial charge is 0.227 e. The van der Waals surface area contributed by atoms with Crippen LogP contribution in [0.1, 0.15) is 65.7 Å². The molecule has 0 heterocycles. The summed E-state index contributed by atoms with van der Waals surface area (Å²) in [5.74, 6) is 0.775. The first-order valence-corrected chi connectivity index (χ1v) is 7.60. The molecule has 0 aromatic carbocycles. The summed E-state index contributed by atoms with van der Waals surface area (Å²) in [4.78, 5) is 12.5. The highest BCUT2D eigenvalue weighted by Crippen LogP contribution is 2.35. The van der Waals surface area contributed by atoms with Crippen molar-refractivity contribution in [3.63, 3.8) is 0 Å². The van der Waals surface area contributed by atoms with Crippen molar-refractivity contribution in [1.29, 1.82) is 0 Å². The molecule has 0 aromatic rings. The van der Waals surface area contributed by atoms with E-state index in [1.807, 2.05) is 0 Å². The van der Waals surface area contributed by atoms with Crippen molar-refractivity contribution in [3.8, 4) is 0 Å². The van der Waals surface area contributed by atoms with Crippen molar-refractivity contribution in [3.05, 3.63) is 0 Å². The van der Waals surface area contributed by atoms with Gasteiger partial charge >= 0.3 is 0 Å². The van der Waals surface area contributed by atoms with Crippen molar-refractivity contribution in [2.75, 3.05) is 6.54 Å². The molecule has 0 spiro atoms. The van der Waals surface area contributed by atoms with Crippen LogP contribution in [0.3, 0.4) is 0 Å². The maximum atomic E-state index is 12.5. The van der Waals surface area contributed by atoms with Crippen molar-refractivity contribution in [2.24, 2.45) is 17.1 Å². The molecule has 1 amide bonds. The molecule has 0 radical (unpaired) electrons. The van der Waals surface area contributed by atoms with E-state index in [1.54, 1.807) is 0 Å². The fourth-order valence-corrected chi connectivity index (χ4v) is 3.23. The summed E-state index contributed by atoms with van der Waals surface area (Å²) in [6.45, 7) is 7.00. The van der Waals surface area contributed by atoms with Crippen molar-refractivity contribution >= 4 is 5.91 Å². The Labute approximate surface area is 112 Å². The van der Waals surface area contributed by atoms with Crippen molar-refractivity contribution < 1.29 is 4.79 Å². The second-order valence-electron chi connectivity index (χ2n) is 5.88. The Bertz CT molecular complexity index is 255. The molecule has 0 saturated heterocycles. The van der Waals surface area contributed by atoms with E-state index in [0.717, 1.165) is 38.5 Å². The fourth-order valence-electron chi connectivity index (χ4n) is 3.23. The minimum atomic E-state index is -0.279. The van der Waals surface area contributed by atoms with Crippen LogP contribution in [0.4, 0.5) is 0 Å². The lowest BCUT2D eigenvalue weighted by Gasteiger charge is -2.36. The predicted molar refractivity (Wildman–Crippen MR) is 76.2 cm³/mol. The second kappa shape index (κ2) is 7.13. The van der Waals surface area contributed by atoms with Gasteiger partial charge in [-0.15, -0.1) is 0 Å². The van der Waals surface area contributed by atoms with Gasteiger partial charge in [0.1, 0.15) is 0 Å². The Morgan fingerprint density at radius 2 is 1.78 bits per heavy atom. The van der Waals surface area contributed by atoms with E-state index >= 15 is 0 Å². The number of hydrogen-bond acceptors (Lipinski definition) is 2. The molecule has 0 aliphatic heterocycles. The highest BCUT2D eigenvalue weighted by Gasteiger charge is 2.38. The summed E-state index contributed by atoms with van der Waals surface area (Å²) in [5, 5.41) is 3.22. The van der Waals surface area contributed by atoms with E-state index in [-0.39, 0.29) is 17.4 Å². The van der Waals surface area contributed by atoms with Crippen LogP contribution in [0.5, 0.6) is 0 Å². The lowest BCUT2D eigenvalue weighted by molar-refractivity contribution is -0.133. The van der Waals surface area contributed by atoms with Crippen LogP contribution < -0.4 is 11.1 Å². The molecule has 1 aliphatic rings. The molecule has 106 valence electrons. The van der Waals surface area contributed by atoms with E-state index < -0.39 is 0 Å². The lowest BCUT2D eigenvalue weighted by Crippen LogP contribution is -2.51. The molecular weight excluding hydrogens is 224 g/mol. The maximum absolute atomic E-state index is 12.5. The molecule has 1 aliphatic carbocycles. The van der Waals surface area contributed by atoms with Gasteiger partial charge in [-0.1, -0.05) is 46.0 Å². The van der Waals surface area contributed by atoms with Gasteiger partial charge in [0, 0.05) is 12.6 Å². The summed E-state index contributed by atoms with van der Waals surface area (Å²) in [5.41, 5.74) is 5.62. The highest BCUT2D eigenvalue weighted by molar-refractivity contribution is 5.83. The minimum absolute atomic E-state index is 0.198. The van der Waals surface area contributed by atoms with Gasteiger partial charge in [0.15, 0.2) is 0 Å². The highest BCUT2D eigenvalue weighted by atomic mass is 16.2. The molecule has 3 nitrogen and oxygen atoms in total. The molecule has 0 aromatic heterocycles. The average Bonchev–Trinajstić information content (AvgIpc) is 2.40. The Balaban J connectivity index is 2.61. The van der Waals surface area contributed by atoms with E-state index in [2.05, 4.69) is 26.1 Å². The average molecular weight is 254 g/mol. The summed E-state index contributed by atoms with van der Waals surface area (Å²) < 4.78 is 0. The number of amides is 1. The molecule has 1 saturated carbocycles. The first-order valence-electron chi connectivity index (χ1n) is 7.60. The Kier molecular flexibility index (Phi) is 6.13. The van der Waals surface area contributed by atoms with Crippen LogP contribution in [-0.4, -0.2) is 18.5 Å². The van der Waals surface area contributed by atoms with Gasteiger partial charge < -0.3 is 11.1 Å². The standard InChI is InChI=1S/C15H30N2O/c1-4-13(5-2)12(3)17-14(18)15(11-16)9-7-6-8-10-15/h12-13H,4-11,16H2,1-3H3,(H,17,18). The van der Waals surface area contributed by atoms with Crippen LogP contribution >= 0.6 is 0 Å². The zero-order valence-electron chi connectivity index (χ0n) is 12.3. The first kappa shape index (κ1) is 15.5. The number of carbonyl (C=O) groups excluding carboxylic acids is 1. The molecule has 1 atom stereocenters. The van der Waals surface area contributed by atoms with Crippen LogP contribution in [0.25, 0.3) is 0 Å². The Morgan fingerprint density at radius 1 is 1.22 bits per heavy atom. The SMILES string of the molecule is CCC(CC)C(C)NC(=O)C1(CN)CCCCC1. The summed E-state index contributed by atoms with van der Waals surface area (Å²) >= 11 is 0. The van der Waals surface area contributed by atoms with Crippen LogP contribution in [-0.2, 0) is 4.79 Å². The minimum Gasteiger partial charge on any atom is -0.353 e. The topological polar surface area (TPSA) is 55.1 Å². The third-order valence-electron chi connectivity index (χ3n) is 4.80. The van der Waals surface area contributed by atoms with Crippen LogP contribution in [0.2, 0.25) is 0 Å². The Morgan fingerprint density at radius 3 is 2.22 bits per heavy atom. The molecule has 3 N–H and O–H groups in total. The Hall–Kier alpha value is -0.570. The summed E-state index contributed by atoms with van der Waals surface area (Å²) in [6.07, 6.45) is 7.70. The molecule has 18 heavy (non-hydrogen) atoms. The third-order valence-corrected chi connectivity index (χ3v) is 4.80. The van der Waals surface area contributed by atoms with E-state index in [0.29, 0.717) is 12.5 Å². The number of carbonyl (C=O) groups is 1. The second-order valence-corrected chi connectivity index (χ2v) is 5.88. The largest absolute Gasteiger partial charge is 0.353 e. The van der Waals surface area contributed by atoms with Crippen molar-refractivity contribution in [1.82, 2.24) is 5.32 Å².